The second kappa shape index (κ2) is 4.94. The van der Waals surface area contributed by atoms with Crippen LogP contribution in [-0.2, 0) is 4.74 Å². The van der Waals surface area contributed by atoms with Crippen LogP contribution in [0.3, 0.4) is 0 Å². The Morgan fingerprint density at radius 2 is 2.27 bits per heavy atom. The van der Waals surface area contributed by atoms with Gasteiger partial charge in [-0.3, -0.25) is 5.41 Å². The topological polar surface area (TPSA) is 62.3 Å². The molecule has 2 saturated heterocycles. The zero-order valence-corrected chi connectivity index (χ0v) is 9.24. The highest BCUT2D eigenvalue weighted by Gasteiger charge is 2.25. The molecule has 2 heterocycles. The molecule has 0 aromatic rings. The normalized spacial score (nSPS) is 33.1. The van der Waals surface area contributed by atoms with E-state index in [-0.39, 0.29) is 5.92 Å². The Morgan fingerprint density at radius 3 is 2.93 bits per heavy atom. The Balaban J connectivity index is 1.79. The summed E-state index contributed by atoms with van der Waals surface area (Å²) in [5.41, 5.74) is 5.56. The molecule has 3 N–H and O–H groups in total. The summed E-state index contributed by atoms with van der Waals surface area (Å²) >= 11 is 0. The third-order valence-electron chi connectivity index (χ3n) is 3.43. The standard InChI is InChI=1S/C11H21N3O/c12-11(13)9-3-1-5-14(7-9)8-10-4-2-6-15-10/h9-10H,1-8H2,(H3,12,13). The van der Waals surface area contributed by atoms with Crippen molar-refractivity contribution in [1.29, 1.82) is 5.41 Å². The van der Waals surface area contributed by atoms with E-state index in [9.17, 15) is 0 Å². The van der Waals surface area contributed by atoms with E-state index in [1.807, 2.05) is 0 Å². The van der Waals surface area contributed by atoms with Crippen molar-refractivity contribution in [2.45, 2.75) is 31.8 Å². The summed E-state index contributed by atoms with van der Waals surface area (Å²) in [4.78, 5) is 2.41. The molecule has 86 valence electrons. The van der Waals surface area contributed by atoms with Gasteiger partial charge in [0.1, 0.15) is 0 Å². The van der Waals surface area contributed by atoms with Gasteiger partial charge in [0, 0.05) is 25.6 Å². The molecule has 2 unspecified atom stereocenters. The molecule has 15 heavy (non-hydrogen) atoms. The van der Waals surface area contributed by atoms with Gasteiger partial charge in [0.2, 0.25) is 0 Å². The van der Waals surface area contributed by atoms with Crippen LogP contribution in [0, 0.1) is 11.3 Å². The molecule has 0 aliphatic carbocycles. The van der Waals surface area contributed by atoms with Crippen LogP contribution in [0.15, 0.2) is 0 Å². The van der Waals surface area contributed by atoms with Crippen molar-refractivity contribution >= 4 is 5.84 Å². The molecule has 0 bridgehead atoms. The highest BCUT2D eigenvalue weighted by Crippen LogP contribution is 2.19. The van der Waals surface area contributed by atoms with Crippen molar-refractivity contribution in [1.82, 2.24) is 4.90 Å². The second-order valence-corrected chi connectivity index (χ2v) is 4.69. The van der Waals surface area contributed by atoms with E-state index in [4.69, 9.17) is 15.9 Å². The van der Waals surface area contributed by atoms with E-state index in [1.165, 1.54) is 12.8 Å². The summed E-state index contributed by atoms with van der Waals surface area (Å²) in [6.45, 7) is 4.05. The molecule has 2 fully saturated rings. The van der Waals surface area contributed by atoms with E-state index in [0.29, 0.717) is 11.9 Å². The summed E-state index contributed by atoms with van der Waals surface area (Å²) in [5.74, 6) is 0.632. The molecule has 2 aliphatic rings. The molecular formula is C11H21N3O. The van der Waals surface area contributed by atoms with Crippen LogP contribution in [0.25, 0.3) is 0 Å². The molecule has 0 aromatic heterocycles. The number of amidine groups is 1. The molecule has 4 heteroatoms. The fourth-order valence-corrected chi connectivity index (χ4v) is 2.55. The highest BCUT2D eigenvalue weighted by atomic mass is 16.5. The molecule has 0 spiro atoms. The molecule has 2 aliphatic heterocycles. The van der Waals surface area contributed by atoms with E-state index in [2.05, 4.69) is 4.90 Å². The molecule has 0 aromatic carbocycles. The van der Waals surface area contributed by atoms with Crippen LogP contribution in [-0.4, -0.2) is 43.1 Å². The molecule has 4 nitrogen and oxygen atoms in total. The van der Waals surface area contributed by atoms with Crippen LogP contribution in [0.5, 0.6) is 0 Å². The van der Waals surface area contributed by atoms with Gasteiger partial charge in [-0.25, -0.2) is 0 Å². The first kappa shape index (κ1) is 10.9. The lowest BCUT2D eigenvalue weighted by atomic mass is 9.97. The van der Waals surface area contributed by atoms with Crippen LogP contribution in [0.2, 0.25) is 0 Å². The molecule has 2 atom stereocenters. The van der Waals surface area contributed by atoms with Gasteiger partial charge in [-0.1, -0.05) is 0 Å². The lowest BCUT2D eigenvalue weighted by molar-refractivity contribution is 0.0622. The first-order valence-electron chi connectivity index (χ1n) is 5.93. The Bertz CT molecular complexity index is 226. The quantitative estimate of drug-likeness (QED) is 0.536. The van der Waals surface area contributed by atoms with Gasteiger partial charge in [-0.15, -0.1) is 0 Å². The Labute approximate surface area is 91.3 Å². The van der Waals surface area contributed by atoms with Crippen molar-refractivity contribution < 1.29 is 4.74 Å². The van der Waals surface area contributed by atoms with Crippen molar-refractivity contribution in [3.05, 3.63) is 0 Å². The van der Waals surface area contributed by atoms with Gasteiger partial charge in [0.15, 0.2) is 0 Å². The minimum atomic E-state index is 0.278. The van der Waals surface area contributed by atoms with Gasteiger partial charge in [0.25, 0.3) is 0 Å². The molecule has 0 saturated carbocycles. The third-order valence-corrected chi connectivity index (χ3v) is 3.43. The summed E-state index contributed by atoms with van der Waals surface area (Å²) in [7, 11) is 0. The molecule has 0 radical (unpaired) electrons. The Morgan fingerprint density at radius 1 is 1.40 bits per heavy atom. The van der Waals surface area contributed by atoms with Gasteiger partial charge in [-0.05, 0) is 32.2 Å². The van der Waals surface area contributed by atoms with E-state index < -0.39 is 0 Å². The van der Waals surface area contributed by atoms with Crippen LogP contribution in [0.4, 0.5) is 0 Å². The van der Waals surface area contributed by atoms with Crippen LogP contribution < -0.4 is 5.73 Å². The zero-order valence-electron chi connectivity index (χ0n) is 9.24. The number of hydrogen-bond donors (Lipinski definition) is 2. The van der Waals surface area contributed by atoms with E-state index >= 15 is 0 Å². The summed E-state index contributed by atoms with van der Waals surface area (Å²) in [6.07, 6.45) is 5.07. The van der Waals surface area contributed by atoms with Crippen molar-refractivity contribution in [3.8, 4) is 0 Å². The second-order valence-electron chi connectivity index (χ2n) is 4.69. The predicted molar refractivity (Wildman–Crippen MR) is 60.1 cm³/mol. The number of nitrogens with zero attached hydrogens (tertiary/aromatic N) is 1. The number of likely N-dealkylation sites (tertiary alicyclic amines) is 1. The average molecular weight is 211 g/mol. The van der Waals surface area contributed by atoms with Crippen molar-refractivity contribution in [3.63, 3.8) is 0 Å². The average Bonchev–Trinajstić information content (AvgIpc) is 2.71. The fraction of sp³-hybridized carbons (Fsp3) is 0.909. The van der Waals surface area contributed by atoms with Crippen LogP contribution in [0.1, 0.15) is 25.7 Å². The highest BCUT2D eigenvalue weighted by molar-refractivity contribution is 5.79. The summed E-state index contributed by atoms with van der Waals surface area (Å²) < 4.78 is 5.62. The van der Waals surface area contributed by atoms with Crippen LogP contribution >= 0.6 is 0 Å². The lowest BCUT2D eigenvalue weighted by Crippen LogP contribution is -2.43. The van der Waals surface area contributed by atoms with Gasteiger partial charge in [-0.2, -0.15) is 0 Å². The van der Waals surface area contributed by atoms with Crippen molar-refractivity contribution in [2.75, 3.05) is 26.2 Å². The lowest BCUT2D eigenvalue weighted by Gasteiger charge is -2.33. The molecule has 2 rings (SSSR count). The Kier molecular flexibility index (Phi) is 3.59. The Hall–Kier alpha value is -0.610. The van der Waals surface area contributed by atoms with E-state index in [1.54, 1.807) is 0 Å². The third kappa shape index (κ3) is 2.92. The zero-order chi connectivity index (χ0) is 10.7. The predicted octanol–water partition coefficient (Wildman–Crippen LogP) is 0.813. The van der Waals surface area contributed by atoms with Gasteiger partial charge in [0.05, 0.1) is 11.9 Å². The number of ether oxygens (including phenoxy) is 1. The minimum Gasteiger partial charge on any atom is -0.387 e. The number of hydrogen-bond acceptors (Lipinski definition) is 3. The number of nitrogens with two attached hydrogens (primary N) is 1. The summed E-state index contributed by atoms with van der Waals surface area (Å²) in [5, 5.41) is 7.48. The maximum atomic E-state index is 7.48. The largest absolute Gasteiger partial charge is 0.387 e. The maximum Gasteiger partial charge on any atom is 0.0949 e. The summed E-state index contributed by atoms with van der Waals surface area (Å²) in [6, 6.07) is 0. The number of piperidine rings is 1. The maximum absolute atomic E-state index is 7.48. The van der Waals surface area contributed by atoms with Crippen molar-refractivity contribution in [2.24, 2.45) is 11.7 Å². The van der Waals surface area contributed by atoms with Gasteiger partial charge >= 0.3 is 0 Å². The first-order valence-corrected chi connectivity index (χ1v) is 5.93. The minimum absolute atomic E-state index is 0.278. The SMILES string of the molecule is N=C(N)C1CCCN(CC2CCCO2)C1. The van der Waals surface area contributed by atoms with E-state index in [0.717, 1.165) is 39.1 Å². The first-order chi connectivity index (χ1) is 7.25. The molecule has 0 amide bonds. The fourth-order valence-electron chi connectivity index (χ4n) is 2.55. The number of rotatable bonds is 3. The smallest absolute Gasteiger partial charge is 0.0949 e. The number of nitrogens with one attached hydrogen (secondary N) is 1. The van der Waals surface area contributed by atoms with Gasteiger partial charge < -0.3 is 15.4 Å². The monoisotopic (exact) mass is 211 g/mol. The molecular weight excluding hydrogens is 190 g/mol.